The highest BCUT2D eigenvalue weighted by atomic mass is 79.9. The summed E-state index contributed by atoms with van der Waals surface area (Å²) in [6, 6.07) is 6.88. The minimum atomic E-state index is -0.0702. The molecular weight excluding hydrogens is 346 g/mol. The van der Waals surface area contributed by atoms with E-state index in [1.165, 1.54) is 6.07 Å². The van der Waals surface area contributed by atoms with Crippen LogP contribution in [-0.2, 0) is 6.54 Å². The van der Waals surface area contributed by atoms with Crippen LogP contribution < -0.4 is 15.0 Å². The lowest BCUT2D eigenvalue weighted by Crippen LogP contribution is -2.19. The molecule has 0 radical (unpaired) electrons. The predicted octanol–water partition coefficient (Wildman–Crippen LogP) is 3.08. The lowest BCUT2D eigenvalue weighted by atomic mass is 10.2. The summed E-state index contributed by atoms with van der Waals surface area (Å²) in [6.07, 6.45) is 1.74. The highest BCUT2D eigenvalue weighted by Crippen LogP contribution is 2.38. The molecule has 1 aromatic heterocycles. The number of rotatable bonds is 2. The lowest BCUT2D eigenvalue weighted by Gasteiger charge is -2.20. The fourth-order valence-corrected chi connectivity index (χ4v) is 2.75. The van der Waals surface area contributed by atoms with Crippen LogP contribution in [0.1, 0.15) is 5.56 Å². The lowest BCUT2D eigenvalue weighted by molar-refractivity contribution is 0.171. The molecule has 0 spiro atoms. The number of halogens is 2. The maximum Gasteiger partial charge on any atom is 0.250 e. The van der Waals surface area contributed by atoms with Crippen molar-refractivity contribution in [3.8, 4) is 11.5 Å². The molecule has 0 unspecified atom stereocenters. The Kier molecular flexibility index (Phi) is 3.72. The van der Waals surface area contributed by atoms with E-state index >= 15 is 0 Å². The average Bonchev–Trinajstić information content (AvgIpc) is 2.43. The van der Waals surface area contributed by atoms with E-state index in [9.17, 15) is 4.79 Å². The van der Waals surface area contributed by atoms with Gasteiger partial charge in [0.2, 0.25) is 0 Å². The van der Waals surface area contributed by atoms with Gasteiger partial charge < -0.3 is 14.0 Å². The molecule has 4 nitrogen and oxygen atoms in total. The van der Waals surface area contributed by atoms with Crippen molar-refractivity contribution in [3.63, 3.8) is 0 Å². The molecule has 0 aliphatic carbocycles. The van der Waals surface area contributed by atoms with Crippen molar-refractivity contribution >= 4 is 27.5 Å². The zero-order valence-electron chi connectivity index (χ0n) is 10.4. The van der Waals surface area contributed by atoms with Gasteiger partial charge in [0.25, 0.3) is 5.56 Å². The van der Waals surface area contributed by atoms with E-state index in [-0.39, 0.29) is 5.56 Å². The number of aromatic nitrogens is 1. The van der Waals surface area contributed by atoms with E-state index in [0.29, 0.717) is 36.3 Å². The topological polar surface area (TPSA) is 40.5 Å². The Morgan fingerprint density at radius 2 is 2.05 bits per heavy atom. The predicted molar refractivity (Wildman–Crippen MR) is 79.9 cm³/mol. The normalized spacial score (nSPS) is 13.3. The Bertz CT molecular complexity index is 714. The molecule has 0 saturated carbocycles. The second-order valence-electron chi connectivity index (χ2n) is 4.42. The fourth-order valence-electron chi connectivity index (χ4n) is 2.08. The van der Waals surface area contributed by atoms with Crippen molar-refractivity contribution in [1.82, 2.24) is 4.57 Å². The van der Waals surface area contributed by atoms with Gasteiger partial charge in [0.1, 0.15) is 13.2 Å². The van der Waals surface area contributed by atoms with E-state index in [2.05, 4.69) is 15.9 Å². The zero-order valence-corrected chi connectivity index (χ0v) is 12.8. The van der Waals surface area contributed by atoms with Crippen LogP contribution >= 0.6 is 27.5 Å². The van der Waals surface area contributed by atoms with Crippen LogP contribution in [0.15, 0.2) is 39.7 Å². The first-order valence-electron chi connectivity index (χ1n) is 6.07. The number of benzene rings is 1. The van der Waals surface area contributed by atoms with Crippen molar-refractivity contribution in [2.75, 3.05) is 13.2 Å². The molecule has 3 rings (SSSR count). The van der Waals surface area contributed by atoms with Gasteiger partial charge in [-0.2, -0.15) is 0 Å². The molecule has 0 amide bonds. The van der Waals surface area contributed by atoms with Gasteiger partial charge in [-0.1, -0.05) is 11.6 Å². The third-order valence-corrected chi connectivity index (χ3v) is 3.71. The van der Waals surface area contributed by atoms with E-state index in [1.807, 2.05) is 6.07 Å². The Morgan fingerprint density at radius 3 is 2.90 bits per heavy atom. The summed E-state index contributed by atoms with van der Waals surface area (Å²) in [5.41, 5.74) is 0.818. The molecule has 20 heavy (non-hydrogen) atoms. The SMILES string of the molecule is O=c1ccc(Br)cn1Cc1cc(Cl)c2c(c1)OCCO2. The monoisotopic (exact) mass is 355 g/mol. The summed E-state index contributed by atoms with van der Waals surface area (Å²) >= 11 is 9.54. The molecule has 0 N–H and O–H groups in total. The second-order valence-corrected chi connectivity index (χ2v) is 5.74. The first-order chi connectivity index (χ1) is 9.63. The molecule has 6 heteroatoms. The molecule has 1 aliphatic rings. The quantitative estimate of drug-likeness (QED) is 0.830. The van der Waals surface area contributed by atoms with Gasteiger partial charge in [-0.15, -0.1) is 0 Å². The maximum absolute atomic E-state index is 11.8. The van der Waals surface area contributed by atoms with Crippen molar-refractivity contribution in [3.05, 3.63) is 55.9 Å². The van der Waals surface area contributed by atoms with Crippen LogP contribution in [0.5, 0.6) is 11.5 Å². The van der Waals surface area contributed by atoms with Gasteiger partial charge in [0, 0.05) is 16.7 Å². The molecule has 1 aliphatic heterocycles. The first kappa shape index (κ1) is 13.5. The standard InChI is InChI=1S/C14H11BrClNO3/c15-10-1-2-13(18)17(8-10)7-9-5-11(16)14-12(6-9)19-3-4-20-14/h1-2,5-6,8H,3-4,7H2. The van der Waals surface area contributed by atoms with E-state index in [4.69, 9.17) is 21.1 Å². The van der Waals surface area contributed by atoms with Crippen LogP contribution in [0, 0.1) is 0 Å². The Hall–Kier alpha value is -1.46. The Balaban J connectivity index is 1.97. The number of hydrogen-bond donors (Lipinski definition) is 0. The number of fused-ring (bicyclic) bond motifs is 1. The van der Waals surface area contributed by atoms with E-state index in [1.54, 1.807) is 22.9 Å². The molecule has 2 aromatic rings. The smallest absolute Gasteiger partial charge is 0.250 e. The number of hydrogen-bond acceptors (Lipinski definition) is 3. The summed E-state index contributed by atoms with van der Waals surface area (Å²) in [5.74, 6) is 1.20. The summed E-state index contributed by atoms with van der Waals surface area (Å²) in [4.78, 5) is 11.8. The number of pyridine rings is 1. The molecule has 0 saturated heterocycles. The van der Waals surface area contributed by atoms with Gasteiger partial charge in [0.05, 0.1) is 11.6 Å². The summed E-state index contributed by atoms with van der Waals surface area (Å²) < 4.78 is 13.5. The van der Waals surface area contributed by atoms with Crippen molar-refractivity contribution in [1.29, 1.82) is 0 Å². The second kappa shape index (κ2) is 5.50. The van der Waals surface area contributed by atoms with E-state index in [0.717, 1.165) is 10.0 Å². The number of nitrogens with zero attached hydrogens (tertiary/aromatic N) is 1. The minimum Gasteiger partial charge on any atom is -0.486 e. The van der Waals surface area contributed by atoms with Crippen molar-refractivity contribution < 1.29 is 9.47 Å². The molecule has 0 fully saturated rings. The van der Waals surface area contributed by atoms with Crippen LogP contribution in [0.2, 0.25) is 5.02 Å². The first-order valence-corrected chi connectivity index (χ1v) is 7.24. The highest BCUT2D eigenvalue weighted by molar-refractivity contribution is 9.10. The molecule has 0 atom stereocenters. The summed E-state index contributed by atoms with van der Waals surface area (Å²) in [7, 11) is 0. The highest BCUT2D eigenvalue weighted by Gasteiger charge is 2.16. The van der Waals surface area contributed by atoms with Crippen LogP contribution in [0.4, 0.5) is 0 Å². The third kappa shape index (κ3) is 2.69. The van der Waals surface area contributed by atoms with Crippen LogP contribution in [-0.4, -0.2) is 17.8 Å². The summed E-state index contributed by atoms with van der Waals surface area (Å²) in [6.45, 7) is 1.43. The molecule has 1 aromatic carbocycles. The van der Waals surface area contributed by atoms with Crippen molar-refractivity contribution in [2.45, 2.75) is 6.54 Å². The molecule has 2 heterocycles. The fraction of sp³-hybridized carbons (Fsp3) is 0.214. The Labute approximate surface area is 129 Å². The van der Waals surface area contributed by atoms with Gasteiger partial charge >= 0.3 is 0 Å². The molecular formula is C14H11BrClNO3. The molecule has 104 valence electrons. The van der Waals surface area contributed by atoms with Gasteiger partial charge in [-0.3, -0.25) is 4.79 Å². The average molecular weight is 357 g/mol. The van der Waals surface area contributed by atoms with E-state index < -0.39 is 0 Å². The zero-order chi connectivity index (χ0) is 14.1. The summed E-state index contributed by atoms with van der Waals surface area (Å²) in [5, 5.41) is 0.500. The third-order valence-electron chi connectivity index (χ3n) is 2.96. The van der Waals surface area contributed by atoms with Gasteiger partial charge in [-0.05, 0) is 39.7 Å². The maximum atomic E-state index is 11.8. The molecule has 0 bridgehead atoms. The number of ether oxygens (including phenoxy) is 2. The van der Waals surface area contributed by atoms with Crippen LogP contribution in [0.25, 0.3) is 0 Å². The van der Waals surface area contributed by atoms with Gasteiger partial charge in [-0.25, -0.2) is 0 Å². The largest absolute Gasteiger partial charge is 0.486 e. The van der Waals surface area contributed by atoms with Crippen molar-refractivity contribution in [2.24, 2.45) is 0 Å². The minimum absolute atomic E-state index is 0.0702. The van der Waals surface area contributed by atoms with Crippen LogP contribution in [0.3, 0.4) is 0 Å². The van der Waals surface area contributed by atoms with Gasteiger partial charge in [0.15, 0.2) is 11.5 Å². The Morgan fingerprint density at radius 1 is 1.25 bits per heavy atom.